The van der Waals surface area contributed by atoms with Crippen LogP contribution in [0, 0.1) is 6.92 Å². The average Bonchev–Trinajstić information content (AvgIpc) is 2.37. The van der Waals surface area contributed by atoms with Gasteiger partial charge in [0, 0.05) is 24.9 Å². The Balaban J connectivity index is 2.29. The Morgan fingerprint density at radius 2 is 1.95 bits per heavy atom. The molecule has 20 heavy (non-hydrogen) atoms. The molecule has 2 rings (SSSR count). The van der Waals surface area contributed by atoms with Crippen molar-refractivity contribution in [2.24, 2.45) is 0 Å². The largest absolute Gasteiger partial charge is 0.478 e. The van der Waals surface area contributed by atoms with Crippen LogP contribution < -0.4 is 4.90 Å². The van der Waals surface area contributed by atoms with Crippen molar-refractivity contribution in [3.05, 3.63) is 35.4 Å². The van der Waals surface area contributed by atoms with Crippen LogP contribution in [0.5, 0.6) is 0 Å². The number of carboxylic acids is 1. The van der Waals surface area contributed by atoms with Crippen molar-refractivity contribution in [2.75, 3.05) is 29.5 Å². The predicted molar refractivity (Wildman–Crippen MR) is 78.7 cm³/mol. The van der Waals surface area contributed by atoms with E-state index in [-0.39, 0.29) is 11.5 Å². The van der Waals surface area contributed by atoms with Crippen LogP contribution >= 0.6 is 0 Å². The number of hydrogen-bond donors (Lipinski definition) is 1. The van der Waals surface area contributed by atoms with Crippen molar-refractivity contribution in [3.63, 3.8) is 0 Å². The molecule has 0 aliphatic carbocycles. The zero-order valence-corrected chi connectivity index (χ0v) is 12.1. The number of hydrogen-bond acceptors (Lipinski definition) is 4. The minimum atomic E-state index is -2.92. The number of anilines is 1. The molecular formula is C14H17NO4S. The van der Waals surface area contributed by atoms with Gasteiger partial charge < -0.3 is 10.0 Å². The summed E-state index contributed by atoms with van der Waals surface area (Å²) in [5.74, 6) is -0.718. The van der Waals surface area contributed by atoms with Gasteiger partial charge in [-0.25, -0.2) is 13.2 Å². The first-order chi connectivity index (χ1) is 9.37. The van der Waals surface area contributed by atoms with Gasteiger partial charge >= 0.3 is 5.97 Å². The predicted octanol–water partition coefficient (Wildman–Crippen LogP) is 1.33. The second-order valence-corrected chi connectivity index (χ2v) is 7.18. The van der Waals surface area contributed by atoms with E-state index < -0.39 is 15.8 Å². The highest BCUT2D eigenvalue weighted by molar-refractivity contribution is 7.91. The third-order valence-corrected chi connectivity index (χ3v) is 4.88. The summed E-state index contributed by atoms with van der Waals surface area (Å²) in [6.07, 6.45) is 2.65. The van der Waals surface area contributed by atoms with Crippen molar-refractivity contribution >= 4 is 27.6 Å². The number of rotatable bonds is 3. The number of benzene rings is 1. The maximum absolute atomic E-state index is 11.5. The molecule has 0 aromatic heterocycles. The van der Waals surface area contributed by atoms with Gasteiger partial charge in [0.05, 0.1) is 11.5 Å². The average molecular weight is 295 g/mol. The summed E-state index contributed by atoms with van der Waals surface area (Å²) >= 11 is 0. The Kier molecular flexibility index (Phi) is 4.13. The first-order valence-electron chi connectivity index (χ1n) is 6.34. The SMILES string of the molecule is Cc1ccc(N2CCS(=O)(=O)CC2)c(/C=C/C(=O)O)c1. The maximum Gasteiger partial charge on any atom is 0.328 e. The topological polar surface area (TPSA) is 74.7 Å². The van der Waals surface area contributed by atoms with Gasteiger partial charge in [0.1, 0.15) is 0 Å². The van der Waals surface area contributed by atoms with Crippen molar-refractivity contribution < 1.29 is 18.3 Å². The molecule has 1 aromatic rings. The van der Waals surface area contributed by atoms with E-state index in [2.05, 4.69) is 0 Å². The standard InChI is InChI=1S/C14H17NO4S/c1-11-2-4-13(12(10-11)3-5-14(16)17)15-6-8-20(18,19)9-7-15/h2-5,10H,6-9H2,1H3,(H,16,17)/b5-3+. The fourth-order valence-corrected chi connectivity index (χ4v) is 3.41. The van der Waals surface area contributed by atoms with E-state index in [1.807, 2.05) is 30.0 Å². The van der Waals surface area contributed by atoms with E-state index in [0.717, 1.165) is 22.9 Å². The third kappa shape index (κ3) is 3.60. The van der Waals surface area contributed by atoms with Gasteiger partial charge in [-0.15, -0.1) is 0 Å². The van der Waals surface area contributed by atoms with Gasteiger partial charge in [-0.05, 0) is 30.7 Å². The lowest BCUT2D eigenvalue weighted by Gasteiger charge is -2.30. The smallest absolute Gasteiger partial charge is 0.328 e. The minimum absolute atomic E-state index is 0.142. The summed E-state index contributed by atoms with van der Waals surface area (Å²) in [5.41, 5.74) is 2.71. The molecule has 0 saturated carbocycles. The zero-order chi connectivity index (χ0) is 14.8. The molecule has 1 aliphatic rings. The Hall–Kier alpha value is -1.82. The van der Waals surface area contributed by atoms with Crippen molar-refractivity contribution in [1.82, 2.24) is 0 Å². The molecule has 1 aliphatic heterocycles. The molecule has 1 saturated heterocycles. The number of aliphatic carboxylic acids is 1. The molecule has 1 fully saturated rings. The van der Waals surface area contributed by atoms with Crippen molar-refractivity contribution in [3.8, 4) is 0 Å². The van der Waals surface area contributed by atoms with Crippen molar-refractivity contribution in [2.45, 2.75) is 6.92 Å². The molecule has 0 atom stereocenters. The number of aryl methyl sites for hydroxylation is 1. The van der Waals surface area contributed by atoms with E-state index in [1.54, 1.807) is 6.08 Å². The van der Waals surface area contributed by atoms with Gasteiger partial charge in [-0.3, -0.25) is 0 Å². The molecule has 0 unspecified atom stereocenters. The second-order valence-electron chi connectivity index (χ2n) is 4.87. The summed E-state index contributed by atoms with van der Waals surface area (Å²) in [6, 6.07) is 5.75. The first kappa shape index (κ1) is 14.6. The molecule has 1 heterocycles. The summed E-state index contributed by atoms with van der Waals surface area (Å²) in [6.45, 7) is 2.82. The molecule has 0 bridgehead atoms. The third-order valence-electron chi connectivity index (χ3n) is 3.27. The number of nitrogens with zero attached hydrogens (tertiary/aromatic N) is 1. The summed E-state index contributed by atoms with van der Waals surface area (Å²) in [5, 5.41) is 8.73. The highest BCUT2D eigenvalue weighted by atomic mass is 32.2. The molecule has 6 heteroatoms. The van der Waals surface area contributed by atoms with Crippen LogP contribution in [0.3, 0.4) is 0 Å². The Labute approximate surface area is 118 Å². The van der Waals surface area contributed by atoms with E-state index >= 15 is 0 Å². The fourth-order valence-electron chi connectivity index (χ4n) is 2.21. The Morgan fingerprint density at radius 3 is 2.55 bits per heavy atom. The first-order valence-corrected chi connectivity index (χ1v) is 8.16. The fraction of sp³-hybridized carbons (Fsp3) is 0.357. The molecule has 108 valence electrons. The van der Waals surface area contributed by atoms with Crippen LogP contribution in [0.25, 0.3) is 6.08 Å². The summed E-state index contributed by atoms with van der Waals surface area (Å²) in [4.78, 5) is 12.6. The molecule has 0 amide bonds. The molecular weight excluding hydrogens is 278 g/mol. The zero-order valence-electron chi connectivity index (χ0n) is 11.2. The Bertz CT molecular complexity index is 635. The number of carboxylic acid groups (broad SMARTS) is 1. The van der Waals surface area contributed by atoms with Gasteiger partial charge in [-0.2, -0.15) is 0 Å². The van der Waals surface area contributed by atoms with E-state index in [4.69, 9.17) is 5.11 Å². The van der Waals surface area contributed by atoms with E-state index in [1.165, 1.54) is 0 Å². The lowest BCUT2D eigenvalue weighted by molar-refractivity contribution is -0.131. The van der Waals surface area contributed by atoms with Crippen LogP contribution in [0.15, 0.2) is 24.3 Å². The van der Waals surface area contributed by atoms with E-state index in [9.17, 15) is 13.2 Å². The van der Waals surface area contributed by atoms with Gasteiger partial charge in [-0.1, -0.05) is 11.6 Å². The Morgan fingerprint density at radius 1 is 1.30 bits per heavy atom. The van der Waals surface area contributed by atoms with E-state index in [0.29, 0.717) is 13.1 Å². The lowest BCUT2D eigenvalue weighted by atomic mass is 10.1. The van der Waals surface area contributed by atoms with Gasteiger partial charge in [0.25, 0.3) is 0 Å². The maximum atomic E-state index is 11.5. The van der Waals surface area contributed by atoms with Crippen molar-refractivity contribution in [1.29, 1.82) is 0 Å². The van der Waals surface area contributed by atoms with Crippen LogP contribution in [-0.2, 0) is 14.6 Å². The quantitative estimate of drug-likeness (QED) is 0.851. The highest BCUT2D eigenvalue weighted by Gasteiger charge is 2.22. The molecule has 0 spiro atoms. The van der Waals surface area contributed by atoms with Gasteiger partial charge in [0.2, 0.25) is 0 Å². The van der Waals surface area contributed by atoms with Gasteiger partial charge in [0.15, 0.2) is 9.84 Å². The molecule has 1 N–H and O–H groups in total. The second kappa shape index (κ2) is 5.66. The normalized spacial score (nSPS) is 18.4. The summed E-state index contributed by atoms with van der Waals surface area (Å²) < 4.78 is 22.9. The van der Waals surface area contributed by atoms with Crippen LogP contribution in [0.4, 0.5) is 5.69 Å². The monoisotopic (exact) mass is 295 g/mol. The van der Waals surface area contributed by atoms with Crippen LogP contribution in [0.1, 0.15) is 11.1 Å². The molecule has 1 aromatic carbocycles. The van der Waals surface area contributed by atoms with Crippen LogP contribution in [0.2, 0.25) is 0 Å². The number of carbonyl (C=O) groups is 1. The molecule has 5 nitrogen and oxygen atoms in total. The number of sulfone groups is 1. The van der Waals surface area contributed by atoms with Crippen LogP contribution in [-0.4, -0.2) is 44.1 Å². The molecule has 0 radical (unpaired) electrons. The lowest BCUT2D eigenvalue weighted by Crippen LogP contribution is -2.40. The minimum Gasteiger partial charge on any atom is -0.478 e. The summed E-state index contributed by atoms with van der Waals surface area (Å²) in [7, 11) is -2.92. The highest BCUT2D eigenvalue weighted by Crippen LogP contribution is 2.25.